The SMILES string of the molecule is CN(C)c1ccc(NC(=O)c2ccco2)cc1CN(Cc1ccccc1)S(=O)(=O)c1ccc(F)cc1. The second-order valence-electron chi connectivity index (χ2n) is 8.38. The van der Waals surface area contributed by atoms with Crippen molar-refractivity contribution >= 4 is 27.3 Å². The van der Waals surface area contributed by atoms with E-state index in [9.17, 15) is 17.6 Å². The van der Waals surface area contributed by atoms with Crippen LogP contribution in [0.3, 0.4) is 0 Å². The number of nitrogens with one attached hydrogen (secondary N) is 1. The number of furan rings is 1. The Hall–Kier alpha value is -3.95. The molecule has 9 heteroatoms. The van der Waals surface area contributed by atoms with Gasteiger partial charge >= 0.3 is 0 Å². The molecule has 0 bridgehead atoms. The maximum Gasteiger partial charge on any atom is 0.291 e. The van der Waals surface area contributed by atoms with Crippen molar-refractivity contribution in [2.75, 3.05) is 24.3 Å². The highest BCUT2D eigenvalue weighted by Crippen LogP contribution is 2.28. The average Bonchev–Trinajstić information content (AvgIpc) is 3.40. The van der Waals surface area contributed by atoms with Crippen molar-refractivity contribution in [2.24, 2.45) is 0 Å². The lowest BCUT2D eigenvalue weighted by Gasteiger charge is -2.26. The van der Waals surface area contributed by atoms with Gasteiger partial charge in [-0.15, -0.1) is 0 Å². The zero-order valence-corrected chi connectivity index (χ0v) is 20.7. The quantitative estimate of drug-likeness (QED) is 0.340. The molecule has 0 atom stereocenters. The van der Waals surface area contributed by atoms with Gasteiger partial charge in [-0.05, 0) is 65.7 Å². The number of hydrogen-bond acceptors (Lipinski definition) is 5. The van der Waals surface area contributed by atoms with Gasteiger partial charge in [0.05, 0.1) is 11.2 Å². The molecule has 186 valence electrons. The number of halogens is 1. The minimum absolute atomic E-state index is 0.00601. The Kier molecular flexibility index (Phi) is 7.52. The maximum atomic E-state index is 13.7. The van der Waals surface area contributed by atoms with Gasteiger partial charge in [0.2, 0.25) is 10.0 Å². The van der Waals surface area contributed by atoms with Crippen molar-refractivity contribution in [3.05, 3.63) is 114 Å². The topological polar surface area (TPSA) is 82.9 Å². The van der Waals surface area contributed by atoms with E-state index >= 15 is 0 Å². The van der Waals surface area contributed by atoms with Gasteiger partial charge in [0.15, 0.2) is 5.76 Å². The number of sulfonamides is 1. The van der Waals surface area contributed by atoms with Gasteiger partial charge in [0.1, 0.15) is 5.82 Å². The molecule has 1 N–H and O–H groups in total. The lowest BCUT2D eigenvalue weighted by Crippen LogP contribution is -2.31. The van der Waals surface area contributed by atoms with Crippen LogP contribution in [0.1, 0.15) is 21.7 Å². The highest BCUT2D eigenvalue weighted by molar-refractivity contribution is 7.89. The Balaban J connectivity index is 1.71. The van der Waals surface area contributed by atoms with Crippen LogP contribution in [0.25, 0.3) is 0 Å². The van der Waals surface area contributed by atoms with E-state index in [1.807, 2.05) is 55.4 Å². The summed E-state index contributed by atoms with van der Waals surface area (Å²) in [4.78, 5) is 14.4. The van der Waals surface area contributed by atoms with Crippen molar-refractivity contribution in [3.8, 4) is 0 Å². The molecule has 0 aliphatic rings. The molecule has 0 saturated heterocycles. The standard InChI is InChI=1S/C27H26FN3O4S/c1-30(2)25-15-12-23(29-27(32)26-9-6-16-35-26)17-21(25)19-31(18-20-7-4-3-5-8-20)36(33,34)24-13-10-22(28)11-14-24/h3-17H,18-19H2,1-2H3,(H,29,32). The normalized spacial score (nSPS) is 11.4. The van der Waals surface area contributed by atoms with Crippen LogP contribution in [-0.4, -0.2) is 32.7 Å². The van der Waals surface area contributed by atoms with E-state index < -0.39 is 21.7 Å². The van der Waals surface area contributed by atoms with Crippen LogP contribution in [0.5, 0.6) is 0 Å². The van der Waals surface area contributed by atoms with Crippen LogP contribution in [0.4, 0.5) is 15.8 Å². The second-order valence-corrected chi connectivity index (χ2v) is 10.3. The number of anilines is 2. The Labute approximate surface area is 209 Å². The summed E-state index contributed by atoms with van der Waals surface area (Å²) in [5.74, 6) is -0.764. The molecular weight excluding hydrogens is 481 g/mol. The molecule has 0 saturated carbocycles. The van der Waals surface area contributed by atoms with E-state index in [0.717, 1.165) is 23.4 Å². The fourth-order valence-electron chi connectivity index (χ4n) is 3.79. The molecule has 4 aromatic rings. The molecule has 0 aliphatic carbocycles. The Morgan fingerprint density at radius 3 is 2.28 bits per heavy atom. The number of nitrogens with zero attached hydrogens (tertiary/aromatic N) is 2. The van der Waals surface area contributed by atoms with E-state index in [-0.39, 0.29) is 23.7 Å². The highest BCUT2D eigenvalue weighted by Gasteiger charge is 2.26. The van der Waals surface area contributed by atoms with Crippen molar-refractivity contribution in [2.45, 2.75) is 18.0 Å². The third-order valence-electron chi connectivity index (χ3n) is 5.56. The van der Waals surface area contributed by atoms with E-state index in [4.69, 9.17) is 4.42 Å². The van der Waals surface area contributed by atoms with E-state index in [2.05, 4.69) is 5.32 Å². The van der Waals surface area contributed by atoms with Gasteiger partial charge in [-0.2, -0.15) is 4.31 Å². The number of carbonyl (C=O) groups excluding carboxylic acids is 1. The molecular formula is C27H26FN3O4S. The van der Waals surface area contributed by atoms with Gasteiger partial charge in [0.25, 0.3) is 5.91 Å². The summed E-state index contributed by atoms with van der Waals surface area (Å²) >= 11 is 0. The average molecular weight is 508 g/mol. The van der Waals surface area contributed by atoms with E-state index in [1.165, 1.54) is 22.7 Å². The molecule has 0 unspecified atom stereocenters. The molecule has 1 amide bonds. The molecule has 7 nitrogen and oxygen atoms in total. The minimum atomic E-state index is -3.98. The third kappa shape index (κ3) is 5.81. The molecule has 36 heavy (non-hydrogen) atoms. The van der Waals surface area contributed by atoms with E-state index in [0.29, 0.717) is 11.3 Å². The first-order chi connectivity index (χ1) is 17.2. The number of carbonyl (C=O) groups is 1. The van der Waals surface area contributed by atoms with Gasteiger partial charge < -0.3 is 14.6 Å². The largest absolute Gasteiger partial charge is 0.459 e. The zero-order valence-electron chi connectivity index (χ0n) is 19.9. The van der Waals surface area contributed by atoms with Crippen LogP contribution < -0.4 is 10.2 Å². The Morgan fingerprint density at radius 1 is 0.917 bits per heavy atom. The van der Waals surface area contributed by atoms with Crippen LogP contribution in [0.2, 0.25) is 0 Å². The molecule has 1 heterocycles. The number of benzene rings is 3. The van der Waals surface area contributed by atoms with Crippen molar-refractivity contribution < 1.29 is 22.0 Å². The van der Waals surface area contributed by atoms with Crippen molar-refractivity contribution in [3.63, 3.8) is 0 Å². The molecule has 4 rings (SSSR count). The van der Waals surface area contributed by atoms with Gasteiger partial charge in [0, 0.05) is 38.6 Å². The van der Waals surface area contributed by atoms with Crippen molar-refractivity contribution in [1.82, 2.24) is 4.31 Å². The smallest absolute Gasteiger partial charge is 0.291 e. The van der Waals surface area contributed by atoms with Crippen LogP contribution in [0.15, 0.2) is 101 Å². The van der Waals surface area contributed by atoms with E-state index in [1.54, 1.807) is 24.3 Å². The summed E-state index contributed by atoms with van der Waals surface area (Å²) in [7, 11) is -0.268. The van der Waals surface area contributed by atoms with Crippen LogP contribution >= 0.6 is 0 Å². The monoisotopic (exact) mass is 507 g/mol. The second kappa shape index (κ2) is 10.8. The molecule has 0 aliphatic heterocycles. The third-order valence-corrected chi connectivity index (χ3v) is 7.37. The van der Waals surface area contributed by atoms with Gasteiger partial charge in [-0.25, -0.2) is 12.8 Å². The predicted molar refractivity (Wildman–Crippen MR) is 137 cm³/mol. The number of hydrogen-bond donors (Lipinski definition) is 1. The Bertz CT molecular complexity index is 1420. The lowest BCUT2D eigenvalue weighted by molar-refractivity contribution is 0.0996. The summed E-state index contributed by atoms with van der Waals surface area (Å²) in [6.45, 7) is 0.128. The lowest BCUT2D eigenvalue weighted by atomic mass is 10.1. The molecule has 0 fully saturated rings. The maximum absolute atomic E-state index is 13.7. The first-order valence-electron chi connectivity index (χ1n) is 11.2. The summed E-state index contributed by atoms with van der Waals surface area (Å²) in [6.07, 6.45) is 1.41. The molecule has 3 aromatic carbocycles. The summed E-state index contributed by atoms with van der Waals surface area (Å²) in [6, 6.07) is 22.5. The Morgan fingerprint density at radius 2 is 1.64 bits per heavy atom. The number of rotatable bonds is 9. The number of amides is 1. The van der Waals surface area contributed by atoms with Crippen LogP contribution in [0, 0.1) is 5.82 Å². The molecule has 1 aromatic heterocycles. The first kappa shape index (κ1) is 25.2. The van der Waals surface area contributed by atoms with Crippen LogP contribution in [-0.2, 0) is 23.1 Å². The highest BCUT2D eigenvalue weighted by atomic mass is 32.2. The van der Waals surface area contributed by atoms with Gasteiger partial charge in [-0.3, -0.25) is 4.79 Å². The fourth-order valence-corrected chi connectivity index (χ4v) is 5.19. The first-order valence-corrected chi connectivity index (χ1v) is 12.6. The summed E-state index contributed by atoms with van der Waals surface area (Å²) in [5.41, 5.74) is 2.77. The summed E-state index contributed by atoms with van der Waals surface area (Å²) in [5, 5.41) is 2.79. The van der Waals surface area contributed by atoms with Gasteiger partial charge in [-0.1, -0.05) is 30.3 Å². The minimum Gasteiger partial charge on any atom is -0.459 e. The molecule has 0 radical (unpaired) electrons. The fraction of sp³-hybridized carbons (Fsp3) is 0.148. The van der Waals surface area contributed by atoms with Crippen molar-refractivity contribution in [1.29, 1.82) is 0 Å². The molecule has 0 spiro atoms. The summed E-state index contributed by atoms with van der Waals surface area (Å²) < 4.78 is 47.3. The zero-order chi connectivity index (χ0) is 25.7. The predicted octanol–water partition coefficient (Wildman–Crippen LogP) is 5.13.